The van der Waals surface area contributed by atoms with Crippen LogP contribution in [0, 0.1) is 5.82 Å². The Balaban J connectivity index is 1.46. The Morgan fingerprint density at radius 1 is 1.08 bits per heavy atom. The van der Waals surface area contributed by atoms with Gasteiger partial charge < -0.3 is 10.0 Å². The average molecular weight is 347 g/mol. The molecule has 3 saturated heterocycles. The molecule has 0 saturated carbocycles. The third kappa shape index (κ3) is 3.69. The summed E-state index contributed by atoms with van der Waals surface area (Å²) in [4.78, 5) is 7.20. The smallest absolute Gasteiger partial charge is 0.146 e. The van der Waals surface area contributed by atoms with Gasteiger partial charge in [0, 0.05) is 51.4 Å². The van der Waals surface area contributed by atoms with E-state index in [9.17, 15) is 9.50 Å². The number of halogens is 1. The molecule has 3 aliphatic heterocycles. The summed E-state index contributed by atoms with van der Waals surface area (Å²) in [5, 5.41) is 9.43. The molecule has 5 heteroatoms. The molecule has 4 nitrogen and oxygen atoms in total. The summed E-state index contributed by atoms with van der Waals surface area (Å²) >= 11 is 0. The average Bonchev–Trinajstić information content (AvgIpc) is 3.27. The monoisotopic (exact) mass is 347 g/mol. The maximum absolute atomic E-state index is 14.6. The molecule has 0 aromatic heterocycles. The normalized spacial score (nSPS) is 27.8. The molecular weight excluding hydrogens is 317 g/mol. The Kier molecular flexibility index (Phi) is 5.25. The van der Waals surface area contributed by atoms with Crippen LogP contribution in [0.2, 0.25) is 0 Å². The highest BCUT2D eigenvalue weighted by Crippen LogP contribution is 2.29. The number of hydrogen-bond acceptors (Lipinski definition) is 4. The molecule has 3 heterocycles. The van der Waals surface area contributed by atoms with Crippen LogP contribution in [0.4, 0.5) is 10.1 Å². The minimum atomic E-state index is -0.0855. The zero-order valence-corrected chi connectivity index (χ0v) is 15.0. The molecule has 0 radical (unpaired) electrons. The molecule has 3 aliphatic rings. The number of benzene rings is 1. The Hall–Kier alpha value is -1.17. The van der Waals surface area contributed by atoms with E-state index < -0.39 is 0 Å². The van der Waals surface area contributed by atoms with Crippen molar-refractivity contribution in [2.24, 2.45) is 0 Å². The van der Waals surface area contributed by atoms with Crippen LogP contribution in [-0.4, -0.2) is 66.3 Å². The van der Waals surface area contributed by atoms with Crippen molar-refractivity contribution >= 4 is 5.69 Å². The molecule has 138 valence electrons. The van der Waals surface area contributed by atoms with Gasteiger partial charge in [0.05, 0.1) is 5.69 Å². The van der Waals surface area contributed by atoms with Gasteiger partial charge in [0.2, 0.25) is 0 Å². The van der Waals surface area contributed by atoms with Crippen molar-refractivity contribution in [3.63, 3.8) is 0 Å². The summed E-state index contributed by atoms with van der Waals surface area (Å²) in [6.07, 6.45) is 5.68. The molecule has 2 atom stereocenters. The minimum absolute atomic E-state index is 0.0855. The van der Waals surface area contributed by atoms with Crippen molar-refractivity contribution in [2.45, 2.75) is 50.7 Å². The van der Waals surface area contributed by atoms with E-state index in [2.05, 4.69) is 20.8 Å². The van der Waals surface area contributed by atoms with E-state index in [4.69, 9.17) is 0 Å². The number of rotatable bonds is 5. The summed E-state index contributed by atoms with van der Waals surface area (Å²) in [7, 11) is 0. The van der Waals surface area contributed by atoms with Crippen LogP contribution in [0.1, 0.15) is 37.7 Å². The Labute approximate surface area is 150 Å². The van der Waals surface area contributed by atoms with Crippen LogP contribution in [-0.2, 0) is 6.54 Å². The van der Waals surface area contributed by atoms with Crippen LogP contribution in [0.15, 0.2) is 18.2 Å². The SMILES string of the molecule is OCC[C@H]1CN2CCCC2CN1Cc1ccc(N2CCCC2)c(F)c1. The number of nitrogens with zero attached hydrogens (tertiary/aromatic N) is 3. The topological polar surface area (TPSA) is 30.0 Å². The summed E-state index contributed by atoms with van der Waals surface area (Å²) in [6.45, 7) is 6.23. The summed E-state index contributed by atoms with van der Waals surface area (Å²) < 4.78 is 14.6. The van der Waals surface area contributed by atoms with Crippen LogP contribution in [0.5, 0.6) is 0 Å². The molecular formula is C20H30FN3O. The summed E-state index contributed by atoms with van der Waals surface area (Å²) in [6, 6.07) is 6.80. The third-order valence-electron chi connectivity index (χ3n) is 6.21. The molecule has 25 heavy (non-hydrogen) atoms. The Morgan fingerprint density at radius 2 is 1.92 bits per heavy atom. The summed E-state index contributed by atoms with van der Waals surface area (Å²) in [5.41, 5.74) is 1.81. The lowest BCUT2D eigenvalue weighted by Gasteiger charge is -2.43. The first kappa shape index (κ1) is 17.3. The van der Waals surface area contributed by atoms with E-state index in [1.165, 1.54) is 19.4 Å². The van der Waals surface area contributed by atoms with E-state index in [0.29, 0.717) is 12.1 Å². The van der Waals surface area contributed by atoms with Gasteiger partial charge in [-0.15, -0.1) is 0 Å². The van der Waals surface area contributed by atoms with Crippen molar-refractivity contribution in [2.75, 3.05) is 44.2 Å². The van der Waals surface area contributed by atoms with Gasteiger partial charge in [0.1, 0.15) is 5.82 Å². The first-order valence-corrected chi connectivity index (χ1v) is 9.87. The van der Waals surface area contributed by atoms with Crippen molar-refractivity contribution in [3.8, 4) is 0 Å². The molecule has 1 aromatic rings. The fourth-order valence-corrected chi connectivity index (χ4v) is 4.86. The van der Waals surface area contributed by atoms with E-state index in [-0.39, 0.29) is 12.4 Å². The zero-order chi connectivity index (χ0) is 17.2. The van der Waals surface area contributed by atoms with Gasteiger partial charge in [-0.25, -0.2) is 4.39 Å². The lowest BCUT2D eigenvalue weighted by atomic mass is 10.0. The van der Waals surface area contributed by atoms with Gasteiger partial charge in [-0.05, 0) is 56.3 Å². The predicted molar refractivity (Wildman–Crippen MR) is 98.3 cm³/mol. The third-order valence-corrected chi connectivity index (χ3v) is 6.21. The molecule has 4 rings (SSSR count). The fraction of sp³-hybridized carbons (Fsp3) is 0.700. The first-order chi connectivity index (χ1) is 12.2. The van der Waals surface area contributed by atoms with Crippen LogP contribution in [0.25, 0.3) is 0 Å². The first-order valence-electron chi connectivity index (χ1n) is 9.87. The number of anilines is 1. The largest absolute Gasteiger partial charge is 0.396 e. The molecule has 0 spiro atoms. The van der Waals surface area contributed by atoms with Crippen molar-refractivity contribution in [3.05, 3.63) is 29.6 Å². The second-order valence-electron chi connectivity index (χ2n) is 7.87. The number of piperazine rings is 1. The fourth-order valence-electron chi connectivity index (χ4n) is 4.86. The maximum Gasteiger partial charge on any atom is 0.146 e. The molecule has 0 amide bonds. The van der Waals surface area contributed by atoms with Crippen LogP contribution >= 0.6 is 0 Å². The lowest BCUT2D eigenvalue weighted by Crippen LogP contribution is -2.55. The van der Waals surface area contributed by atoms with Crippen molar-refractivity contribution in [1.29, 1.82) is 0 Å². The maximum atomic E-state index is 14.6. The van der Waals surface area contributed by atoms with E-state index in [0.717, 1.165) is 63.2 Å². The summed E-state index contributed by atoms with van der Waals surface area (Å²) in [5.74, 6) is -0.0855. The van der Waals surface area contributed by atoms with E-state index in [1.54, 1.807) is 6.07 Å². The van der Waals surface area contributed by atoms with Crippen molar-refractivity contribution in [1.82, 2.24) is 9.80 Å². The van der Waals surface area contributed by atoms with Crippen LogP contribution in [0.3, 0.4) is 0 Å². The molecule has 1 unspecified atom stereocenters. The van der Waals surface area contributed by atoms with Gasteiger partial charge in [-0.2, -0.15) is 0 Å². The highest BCUT2D eigenvalue weighted by molar-refractivity contribution is 5.49. The number of hydrogen-bond donors (Lipinski definition) is 1. The lowest BCUT2D eigenvalue weighted by molar-refractivity contribution is 0.0333. The van der Waals surface area contributed by atoms with E-state index >= 15 is 0 Å². The molecule has 0 bridgehead atoms. The molecule has 1 N–H and O–H groups in total. The Morgan fingerprint density at radius 3 is 2.68 bits per heavy atom. The number of aliphatic hydroxyl groups excluding tert-OH is 1. The van der Waals surface area contributed by atoms with Crippen molar-refractivity contribution < 1.29 is 9.50 Å². The zero-order valence-electron chi connectivity index (χ0n) is 15.0. The second-order valence-corrected chi connectivity index (χ2v) is 7.87. The van der Waals surface area contributed by atoms with Gasteiger partial charge in [0.15, 0.2) is 0 Å². The minimum Gasteiger partial charge on any atom is -0.396 e. The number of fused-ring (bicyclic) bond motifs is 1. The molecule has 1 aromatic carbocycles. The standard InChI is InChI=1S/C20H30FN3O/c21-19-12-16(5-6-20(19)22-8-1-2-9-22)13-24-15-17-4-3-10-23(17)14-18(24)7-11-25/h5-6,12,17-18,25H,1-4,7-11,13-15H2/t17?,18-/m0/s1. The highest BCUT2D eigenvalue weighted by Gasteiger charge is 2.35. The van der Waals surface area contributed by atoms with Gasteiger partial charge in [-0.3, -0.25) is 9.80 Å². The number of aliphatic hydroxyl groups is 1. The van der Waals surface area contributed by atoms with E-state index in [1.807, 2.05) is 6.07 Å². The van der Waals surface area contributed by atoms with Gasteiger partial charge in [-0.1, -0.05) is 6.07 Å². The second kappa shape index (κ2) is 7.60. The molecule has 0 aliphatic carbocycles. The highest BCUT2D eigenvalue weighted by atomic mass is 19.1. The van der Waals surface area contributed by atoms with Gasteiger partial charge in [0.25, 0.3) is 0 Å². The predicted octanol–water partition coefficient (Wildman–Crippen LogP) is 2.46. The van der Waals surface area contributed by atoms with Gasteiger partial charge >= 0.3 is 0 Å². The van der Waals surface area contributed by atoms with Crippen LogP contribution < -0.4 is 4.90 Å². The quantitative estimate of drug-likeness (QED) is 0.886. The molecule has 3 fully saturated rings. The Bertz CT molecular complexity index is 590.